The molecule has 3 atom stereocenters. The lowest BCUT2D eigenvalue weighted by Crippen LogP contribution is -2.20. The van der Waals surface area contributed by atoms with Crippen LogP contribution >= 0.6 is 0 Å². The molecule has 0 saturated heterocycles. The maximum Gasteiger partial charge on any atom is 0.305 e. The van der Waals surface area contributed by atoms with Crippen molar-refractivity contribution in [3.63, 3.8) is 0 Å². The maximum absolute atomic E-state index is 12.2. The summed E-state index contributed by atoms with van der Waals surface area (Å²) in [5.41, 5.74) is 1.44. The second-order valence-electron chi connectivity index (χ2n) is 6.60. The lowest BCUT2D eigenvalue weighted by Gasteiger charge is -2.28. The second kappa shape index (κ2) is 7.77. The van der Waals surface area contributed by atoms with Gasteiger partial charge in [0.05, 0.1) is 7.11 Å². The highest BCUT2D eigenvalue weighted by Crippen LogP contribution is 2.46. The lowest BCUT2D eigenvalue weighted by molar-refractivity contribution is -0.140. The monoisotopic (exact) mass is 292 g/mol. The van der Waals surface area contributed by atoms with Crippen LogP contribution in [0, 0.1) is 17.8 Å². The van der Waals surface area contributed by atoms with Crippen LogP contribution in [0.25, 0.3) is 0 Å². The van der Waals surface area contributed by atoms with Gasteiger partial charge < -0.3 is 4.74 Å². The molecule has 1 fully saturated rings. The number of methoxy groups -OCH3 is 1. The number of carbonyl (C=O) groups is 2. The Morgan fingerprint density at radius 1 is 1.29 bits per heavy atom. The zero-order valence-electron chi connectivity index (χ0n) is 13.4. The molecule has 21 heavy (non-hydrogen) atoms. The van der Waals surface area contributed by atoms with E-state index in [1.54, 1.807) is 0 Å². The summed E-state index contributed by atoms with van der Waals surface area (Å²) in [7, 11) is 1.44. The molecule has 0 N–H and O–H groups in total. The highest BCUT2D eigenvalue weighted by Gasteiger charge is 2.42. The predicted molar refractivity (Wildman–Crippen MR) is 82.8 cm³/mol. The van der Waals surface area contributed by atoms with E-state index < -0.39 is 0 Å². The maximum atomic E-state index is 12.2. The van der Waals surface area contributed by atoms with Crippen LogP contribution in [0.3, 0.4) is 0 Å². The van der Waals surface area contributed by atoms with E-state index in [2.05, 4.69) is 17.7 Å². The molecule has 3 nitrogen and oxygen atoms in total. The molecule has 3 heteroatoms. The smallest absolute Gasteiger partial charge is 0.305 e. The molecule has 2 aliphatic carbocycles. The highest BCUT2D eigenvalue weighted by molar-refractivity contribution is 5.84. The fourth-order valence-electron chi connectivity index (χ4n) is 4.06. The van der Waals surface area contributed by atoms with Crippen LogP contribution in [-0.4, -0.2) is 18.9 Å². The van der Waals surface area contributed by atoms with E-state index in [1.807, 2.05) is 0 Å². The van der Waals surface area contributed by atoms with Gasteiger partial charge in [-0.2, -0.15) is 0 Å². The van der Waals surface area contributed by atoms with Crippen LogP contribution in [0.5, 0.6) is 0 Å². The van der Waals surface area contributed by atoms with Crippen molar-refractivity contribution in [2.24, 2.45) is 17.8 Å². The first-order valence-corrected chi connectivity index (χ1v) is 8.39. The Morgan fingerprint density at radius 2 is 2.05 bits per heavy atom. The van der Waals surface area contributed by atoms with Crippen molar-refractivity contribution in [1.82, 2.24) is 0 Å². The molecule has 2 aliphatic rings. The summed E-state index contributed by atoms with van der Waals surface area (Å²) in [5.74, 6) is 1.83. The highest BCUT2D eigenvalue weighted by atomic mass is 16.5. The first-order valence-electron chi connectivity index (χ1n) is 8.39. The third kappa shape index (κ3) is 4.18. The molecule has 0 aromatic carbocycles. The molecule has 0 amide bonds. The normalized spacial score (nSPS) is 28.2. The van der Waals surface area contributed by atoms with Gasteiger partial charge in [0.2, 0.25) is 0 Å². The van der Waals surface area contributed by atoms with Crippen LogP contribution in [0.2, 0.25) is 0 Å². The van der Waals surface area contributed by atoms with Gasteiger partial charge in [0.1, 0.15) is 5.78 Å². The van der Waals surface area contributed by atoms with Crippen molar-refractivity contribution in [1.29, 1.82) is 0 Å². The number of carbonyl (C=O) groups excluding carboxylic acids is 2. The third-order valence-electron chi connectivity index (χ3n) is 5.29. The molecule has 2 unspecified atom stereocenters. The first-order chi connectivity index (χ1) is 10.1. The van der Waals surface area contributed by atoms with Crippen LogP contribution in [-0.2, 0) is 14.3 Å². The number of fused-ring (bicyclic) bond motifs is 1. The minimum Gasteiger partial charge on any atom is -0.469 e. The SMILES string of the molecule is COC(=O)CCCCCC[C@@H]1C(=O)CC2C(C)=CCCC21. The summed E-state index contributed by atoms with van der Waals surface area (Å²) in [5, 5.41) is 0. The molecule has 118 valence electrons. The summed E-state index contributed by atoms with van der Waals surface area (Å²) in [6, 6.07) is 0. The molecule has 0 aromatic heterocycles. The average molecular weight is 292 g/mol. The van der Waals surface area contributed by atoms with Gasteiger partial charge in [-0.05, 0) is 44.4 Å². The Morgan fingerprint density at radius 3 is 2.81 bits per heavy atom. The van der Waals surface area contributed by atoms with Crippen molar-refractivity contribution in [3.8, 4) is 0 Å². The van der Waals surface area contributed by atoms with Gasteiger partial charge >= 0.3 is 5.97 Å². The quantitative estimate of drug-likeness (QED) is 0.404. The van der Waals surface area contributed by atoms with Crippen LogP contribution in [0.4, 0.5) is 0 Å². The Labute approximate surface area is 128 Å². The number of ether oxygens (including phenoxy) is 1. The topological polar surface area (TPSA) is 43.4 Å². The molecule has 0 aliphatic heterocycles. The van der Waals surface area contributed by atoms with Crippen molar-refractivity contribution in [3.05, 3.63) is 11.6 Å². The van der Waals surface area contributed by atoms with E-state index in [0.29, 0.717) is 30.0 Å². The molecule has 0 bridgehead atoms. The standard InChI is InChI=1S/C18H28O3/c1-13-8-7-10-14-15(17(19)12-16(13)14)9-5-3-4-6-11-18(20)21-2/h8,14-16H,3-7,9-12H2,1-2H3/t14?,15-,16?/m0/s1. The number of rotatable bonds is 7. The van der Waals surface area contributed by atoms with Crippen molar-refractivity contribution < 1.29 is 14.3 Å². The number of ketones is 1. The van der Waals surface area contributed by atoms with E-state index in [4.69, 9.17) is 0 Å². The zero-order valence-corrected chi connectivity index (χ0v) is 13.4. The Balaban J connectivity index is 1.68. The van der Waals surface area contributed by atoms with Gasteiger partial charge in [-0.3, -0.25) is 9.59 Å². The van der Waals surface area contributed by atoms with Crippen LogP contribution in [0.1, 0.15) is 64.7 Å². The molecule has 0 heterocycles. The van der Waals surface area contributed by atoms with Gasteiger partial charge in [0.25, 0.3) is 0 Å². The fraction of sp³-hybridized carbons (Fsp3) is 0.778. The van der Waals surface area contributed by atoms with Crippen LogP contribution in [0.15, 0.2) is 11.6 Å². The third-order valence-corrected chi connectivity index (χ3v) is 5.29. The molecule has 1 saturated carbocycles. The number of esters is 1. The van der Waals surface area contributed by atoms with Crippen LogP contribution < -0.4 is 0 Å². The molecular weight excluding hydrogens is 264 g/mol. The number of Topliss-reactive ketones (excluding diaryl/α,β-unsaturated/α-hetero) is 1. The Bertz CT molecular complexity index is 411. The zero-order chi connectivity index (χ0) is 15.2. The van der Waals surface area contributed by atoms with Gasteiger partial charge in [-0.15, -0.1) is 0 Å². The summed E-state index contributed by atoms with van der Waals surface area (Å²) < 4.78 is 4.63. The van der Waals surface area contributed by atoms with E-state index in [1.165, 1.54) is 19.1 Å². The molecular formula is C18H28O3. The number of allylic oxidation sites excluding steroid dienone is 2. The minimum absolute atomic E-state index is 0.117. The Kier molecular flexibility index (Phi) is 6.01. The van der Waals surface area contributed by atoms with Gasteiger partial charge in [0.15, 0.2) is 0 Å². The minimum atomic E-state index is -0.117. The summed E-state index contributed by atoms with van der Waals surface area (Å²) in [6.07, 6.45) is 11.2. The predicted octanol–water partition coefficient (Wildman–Crippen LogP) is 4.06. The van der Waals surface area contributed by atoms with E-state index in [0.717, 1.165) is 44.9 Å². The van der Waals surface area contributed by atoms with Crippen molar-refractivity contribution in [2.45, 2.75) is 64.7 Å². The first kappa shape index (κ1) is 16.3. The summed E-state index contributed by atoms with van der Waals surface area (Å²) in [6.45, 7) is 2.19. The van der Waals surface area contributed by atoms with Gasteiger partial charge in [0, 0.05) is 18.8 Å². The van der Waals surface area contributed by atoms with E-state index in [9.17, 15) is 9.59 Å². The number of hydrogen-bond acceptors (Lipinski definition) is 3. The number of hydrogen-bond donors (Lipinski definition) is 0. The second-order valence-corrected chi connectivity index (χ2v) is 6.60. The van der Waals surface area contributed by atoms with Crippen molar-refractivity contribution in [2.75, 3.05) is 7.11 Å². The van der Waals surface area contributed by atoms with E-state index >= 15 is 0 Å². The van der Waals surface area contributed by atoms with Crippen molar-refractivity contribution >= 4 is 11.8 Å². The summed E-state index contributed by atoms with van der Waals surface area (Å²) >= 11 is 0. The molecule has 0 radical (unpaired) electrons. The van der Waals surface area contributed by atoms with Gasteiger partial charge in [-0.25, -0.2) is 0 Å². The molecule has 0 spiro atoms. The van der Waals surface area contributed by atoms with E-state index in [-0.39, 0.29) is 5.97 Å². The average Bonchev–Trinajstić information content (AvgIpc) is 2.80. The number of unbranched alkanes of at least 4 members (excludes halogenated alkanes) is 3. The largest absolute Gasteiger partial charge is 0.469 e. The molecule has 2 rings (SSSR count). The molecule has 0 aromatic rings. The fourth-order valence-corrected chi connectivity index (χ4v) is 4.06. The summed E-state index contributed by atoms with van der Waals surface area (Å²) in [4.78, 5) is 23.3. The Hall–Kier alpha value is -1.12. The lowest BCUT2D eigenvalue weighted by atomic mass is 9.76. The van der Waals surface area contributed by atoms with Gasteiger partial charge in [-0.1, -0.05) is 30.9 Å².